The fraction of sp³-hybridized carbons (Fsp3) is 0.533. The first-order valence-electron chi connectivity index (χ1n) is 6.99. The van der Waals surface area contributed by atoms with E-state index in [0.717, 1.165) is 28.4 Å². The number of methoxy groups -OCH3 is 1. The van der Waals surface area contributed by atoms with E-state index in [1.165, 1.54) is 7.11 Å². The van der Waals surface area contributed by atoms with E-state index in [1.807, 2.05) is 0 Å². The van der Waals surface area contributed by atoms with E-state index in [2.05, 4.69) is 34.8 Å². The first-order chi connectivity index (χ1) is 10.1. The molecule has 0 radical (unpaired) electrons. The fourth-order valence-corrected chi connectivity index (χ4v) is 2.62. The Balaban J connectivity index is 2.56. The van der Waals surface area contributed by atoms with Crippen LogP contribution >= 0.6 is 22.6 Å². The van der Waals surface area contributed by atoms with Crippen LogP contribution in [-0.4, -0.2) is 31.3 Å². The van der Waals surface area contributed by atoms with Crippen LogP contribution < -0.4 is 14.8 Å². The topological polar surface area (TPSA) is 67.8 Å². The summed E-state index contributed by atoms with van der Waals surface area (Å²) in [5, 5.41) is 12.0. The van der Waals surface area contributed by atoms with Crippen LogP contribution in [0.2, 0.25) is 0 Å². The van der Waals surface area contributed by atoms with E-state index >= 15 is 0 Å². The van der Waals surface area contributed by atoms with Gasteiger partial charge in [-0.2, -0.15) is 0 Å². The van der Waals surface area contributed by atoms with E-state index in [1.54, 1.807) is 12.1 Å². The Hall–Kier alpha value is -1.02. The minimum atomic E-state index is -0.143. The minimum absolute atomic E-state index is 0.0447. The molecule has 1 amide bonds. The summed E-state index contributed by atoms with van der Waals surface area (Å²) < 4.78 is 11.6. The van der Waals surface area contributed by atoms with Crippen molar-refractivity contribution in [3.05, 3.63) is 21.3 Å². The average molecular weight is 407 g/mol. The number of carbonyl (C=O) groups excluding carboxylic acids is 1. The molecule has 5 nitrogen and oxygen atoms in total. The molecule has 118 valence electrons. The molecular formula is C15H22INO4. The average Bonchev–Trinajstić information content (AvgIpc) is 2.49. The monoisotopic (exact) mass is 407 g/mol. The van der Waals surface area contributed by atoms with Crippen LogP contribution in [0.4, 0.5) is 0 Å². The third-order valence-corrected chi connectivity index (χ3v) is 3.72. The molecule has 0 fully saturated rings. The highest BCUT2D eigenvalue weighted by atomic mass is 127. The molecule has 1 rings (SSSR count). The van der Waals surface area contributed by atoms with Crippen molar-refractivity contribution in [1.82, 2.24) is 5.32 Å². The van der Waals surface area contributed by atoms with Crippen LogP contribution in [0.5, 0.6) is 11.5 Å². The van der Waals surface area contributed by atoms with Crippen molar-refractivity contribution < 1.29 is 19.4 Å². The molecule has 0 heterocycles. The van der Waals surface area contributed by atoms with Gasteiger partial charge in [0.05, 0.1) is 17.3 Å². The maximum Gasteiger partial charge on any atom is 0.257 e. The van der Waals surface area contributed by atoms with Crippen molar-refractivity contribution in [3.63, 3.8) is 0 Å². The smallest absolute Gasteiger partial charge is 0.257 e. The predicted octanol–water partition coefficient (Wildman–Crippen LogP) is 2.48. The Labute approximate surface area is 139 Å². The Kier molecular flexibility index (Phi) is 8.44. The highest BCUT2D eigenvalue weighted by Crippen LogP contribution is 2.33. The highest BCUT2D eigenvalue weighted by Gasteiger charge is 2.13. The van der Waals surface area contributed by atoms with Gasteiger partial charge in [-0.15, -0.1) is 0 Å². The number of carbonyl (C=O) groups is 1. The summed E-state index contributed by atoms with van der Waals surface area (Å²) in [6.45, 7) is 2.68. The molecule has 0 saturated heterocycles. The van der Waals surface area contributed by atoms with Crippen molar-refractivity contribution >= 4 is 28.5 Å². The van der Waals surface area contributed by atoms with Gasteiger partial charge in [-0.3, -0.25) is 4.79 Å². The predicted molar refractivity (Wildman–Crippen MR) is 89.7 cm³/mol. The number of hydrogen-bond acceptors (Lipinski definition) is 4. The Morgan fingerprint density at radius 3 is 2.76 bits per heavy atom. The quantitative estimate of drug-likeness (QED) is 0.488. The maximum absolute atomic E-state index is 11.7. The Morgan fingerprint density at radius 1 is 1.38 bits per heavy atom. The van der Waals surface area contributed by atoms with E-state index in [9.17, 15) is 4.79 Å². The largest absolute Gasteiger partial charge is 0.493 e. The van der Waals surface area contributed by atoms with Crippen molar-refractivity contribution in [2.45, 2.75) is 32.8 Å². The van der Waals surface area contributed by atoms with Crippen LogP contribution in [0.25, 0.3) is 0 Å². The molecule has 21 heavy (non-hydrogen) atoms. The van der Waals surface area contributed by atoms with Crippen LogP contribution in [0.1, 0.15) is 31.7 Å². The molecular weight excluding hydrogens is 385 g/mol. The SMILES string of the molecule is CCCCCNC(=O)COc1c(I)cc(CO)cc1OC. The number of aliphatic hydroxyl groups excluding tert-OH is 1. The van der Waals surface area contributed by atoms with Crippen molar-refractivity contribution in [3.8, 4) is 11.5 Å². The van der Waals surface area contributed by atoms with Gasteiger partial charge in [0.25, 0.3) is 5.91 Å². The molecule has 0 aliphatic rings. The summed E-state index contributed by atoms with van der Waals surface area (Å²) in [6, 6.07) is 3.51. The number of benzene rings is 1. The molecule has 6 heteroatoms. The van der Waals surface area contributed by atoms with Gasteiger partial charge in [0.15, 0.2) is 18.1 Å². The van der Waals surface area contributed by atoms with E-state index in [4.69, 9.17) is 14.6 Å². The zero-order valence-corrected chi connectivity index (χ0v) is 14.6. The third kappa shape index (κ3) is 6.09. The van der Waals surface area contributed by atoms with Gasteiger partial charge in [0, 0.05) is 6.54 Å². The molecule has 0 aliphatic heterocycles. The van der Waals surface area contributed by atoms with Gasteiger partial charge >= 0.3 is 0 Å². The zero-order chi connectivity index (χ0) is 15.7. The second-order valence-corrected chi connectivity index (χ2v) is 5.78. The Morgan fingerprint density at radius 2 is 2.14 bits per heavy atom. The maximum atomic E-state index is 11.7. The number of ether oxygens (including phenoxy) is 2. The van der Waals surface area contributed by atoms with Gasteiger partial charge < -0.3 is 19.9 Å². The van der Waals surface area contributed by atoms with Crippen LogP contribution in [0, 0.1) is 3.57 Å². The summed E-state index contributed by atoms with van der Waals surface area (Å²) in [4.78, 5) is 11.7. The van der Waals surface area contributed by atoms with Gasteiger partial charge in [-0.1, -0.05) is 19.8 Å². The second-order valence-electron chi connectivity index (χ2n) is 4.61. The molecule has 0 unspecified atom stereocenters. The molecule has 0 aromatic heterocycles. The van der Waals surface area contributed by atoms with Gasteiger partial charge in [0.2, 0.25) is 0 Å². The lowest BCUT2D eigenvalue weighted by Crippen LogP contribution is -2.29. The molecule has 0 bridgehead atoms. The van der Waals surface area contributed by atoms with Crippen LogP contribution in [0.3, 0.4) is 0 Å². The van der Waals surface area contributed by atoms with E-state index in [-0.39, 0.29) is 19.1 Å². The number of hydrogen-bond donors (Lipinski definition) is 2. The summed E-state index contributed by atoms with van der Waals surface area (Å²) in [6.07, 6.45) is 3.21. The lowest BCUT2D eigenvalue weighted by Gasteiger charge is -2.14. The number of aliphatic hydroxyl groups is 1. The first kappa shape index (κ1) is 18.0. The van der Waals surface area contributed by atoms with E-state index < -0.39 is 0 Å². The number of halogens is 1. The normalized spacial score (nSPS) is 10.3. The Bertz CT molecular complexity index is 465. The number of nitrogens with one attached hydrogen (secondary N) is 1. The summed E-state index contributed by atoms with van der Waals surface area (Å²) in [5.74, 6) is 0.902. The molecule has 1 aromatic rings. The summed E-state index contributed by atoms with van der Waals surface area (Å²) in [7, 11) is 1.53. The van der Waals surface area contributed by atoms with Crippen molar-refractivity contribution in [2.24, 2.45) is 0 Å². The minimum Gasteiger partial charge on any atom is -0.493 e. The second kappa shape index (κ2) is 9.83. The lowest BCUT2D eigenvalue weighted by molar-refractivity contribution is -0.123. The standard InChI is InChI=1S/C15H22INO4/c1-3-4-5-6-17-14(19)10-21-15-12(16)7-11(9-18)8-13(15)20-2/h7-8,18H,3-6,9-10H2,1-2H3,(H,17,19). The zero-order valence-electron chi connectivity index (χ0n) is 12.4. The van der Waals surface area contributed by atoms with E-state index in [0.29, 0.717) is 18.0 Å². The number of rotatable bonds is 9. The number of amides is 1. The third-order valence-electron chi connectivity index (χ3n) is 2.92. The van der Waals surface area contributed by atoms with Crippen molar-refractivity contribution in [2.75, 3.05) is 20.3 Å². The van der Waals surface area contributed by atoms with Gasteiger partial charge in [0.1, 0.15) is 0 Å². The first-order valence-corrected chi connectivity index (χ1v) is 8.07. The molecule has 1 aromatic carbocycles. The highest BCUT2D eigenvalue weighted by molar-refractivity contribution is 14.1. The molecule has 2 N–H and O–H groups in total. The molecule has 0 spiro atoms. The molecule has 0 saturated carbocycles. The van der Waals surface area contributed by atoms with Crippen LogP contribution in [0.15, 0.2) is 12.1 Å². The fourth-order valence-electron chi connectivity index (χ4n) is 1.80. The van der Waals surface area contributed by atoms with Gasteiger partial charge in [-0.05, 0) is 46.7 Å². The van der Waals surface area contributed by atoms with Crippen LogP contribution in [-0.2, 0) is 11.4 Å². The summed E-state index contributed by atoms with van der Waals surface area (Å²) in [5.41, 5.74) is 0.743. The summed E-state index contributed by atoms with van der Waals surface area (Å²) >= 11 is 2.10. The molecule has 0 atom stereocenters. The van der Waals surface area contributed by atoms with Gasteiger partial charge in [-0.25, -0.2) is 0 Å². The molecule has 0 aliphatic carbocycles. The number of unbranched alkanes of at least 4 members (excludes halogenated alkanes) is 2. The van der Waals surface area contributed by atoms with Crippen molar-refractivity contribution in [1.29, 1.82) is 0 Å². The lowest BCUT2D eigenvalue weighted by atomic mass is 10.2.